The molecule has 1 heterocycles. The van der Waals surface area contributed by atoms with Crippen LogP contribution in [0.15, 0.2) is 18.2 Å². The first-order valence-electron chi connectivity index (χ1n) is 6.96. The molecule has 5 heteroatoms. The number of phenols is 1. The third kappa shape index (κ3) is 3.04. The van der Waals surface area contributed by atoms with Gasteiger partial charge in [0.25, 0.3) is 5.91 Å². The highest BCUT2D eigenvalue weighted by molar-refractivity contribution is 5.97. The molecule has 1 atom stereocenters. The van der Waals surface area contributed by atoms with Crippen LogP contribution in [0.2, 0.25) is 0 Å². The van der Waals surface area contributed by atoms with E-state index in [2.05, 4.69) is 0 Å². The van der Waals surface area contributed by atoms with Gasteiger partial charge in [-0.05, 0) is 37.8 Å². The maximum absolute atomic E-state index is 12.5. The zero-order valence-corrected chi connectivity index (χ0v) is 11.7. The van der Waals surface area contributed by atoms with Crippen molar-refractivity contribution in [3.8, 4) is 11.5 Å². The van der Waals surface area contributed by atoms with Gasteiger partial charge in [-0.3, -0.25) is 4.79 Å². The fourth-order valence-electron chi connectivity index (χ4n) is 2.69. The summed E-state index contributed by atoms with van der Waals surface area (Å²) in [7, 11) is 1.51. The van der Waals surface area contributed by atoms with Crippen LogP contribution in [0, 0.1) is 0 Å². The molecular weight excluding hydrogens is 258 g/mol. The summed E-state index contributed by atoms with van der Waals surface area (Å²) >= 11 is 0. The molecule has 1 aliphatic heterocycles. The number of amides is 1. The third-order valence-corrected chi connectivity index (χ3v) is 3.79. The summed E-state index contributed by atoms with van der Waals surface area (Å²) in [6.07, 6.45) is 3.53. The van der Waals surface area contributed by atoms with Gasteiger partial charge in [-0.2, -0.15) is 0 Å². The molecule has 0 radical (unpaired) electrons. The number of phenolic OH excluding ortho intramolecular Hbond substituents is 1. The van der Waals surface area contributed by atoms with Crippen molar-refractivity contribution in [3.63, 3.8) is 0 Å². The zero-order valence-electron chi connectivity index (χ0n) is 11.7. The molecule has 5 nitrogen and oxygen atoms in total. The fraction of sp³-hybridized carbons (Fsp3) is 0.533. The first-order chi connectivity index (χ1) is 9.67. The molecule has 0 bridgehead atoms. The molecule has 1 amide bonds. The summed E-state index contributed by atoms with van der Waals surface area (Å²) < 4.78 is 5.02. The van der Waals surface area contributed by atoms with E-state index in [1.54, 1.807) is 17.0 Å². The number of likely N-dealkylation sites (tertiary alicyclic amines) is 1. The van der Waals surface area contributed by atoms with E-state index in [0.717, 1.165) is 19.3 Å². The molecule has 1 unspecified atom stereocenters. The molecule has 0 spiro atoms. The lowest BCUT2D eigenvalue weighted by molar-refractivity contribution is 0.0571. The van der Waals surface area contributed by atoms with Crippen molar-refractivity contribution >= 4 is 5.91 Å². The average Bonchev–Trinajstić information content (AvgIpc) is 2.47. The zero-order chi connectivity index (χ0) is 14.5. The van der Waals surface area contributed by atoms with Crippen molar-refractivity contribution < 1.29 is 19.7 Å². The quantitative estimate of drug-likeness (QED) is 0.881. The Labute approximate surface area is 118 Å². The lowest BCUT2D eigenvalue weighted by Gasteiger charge is -2.35. The van der Waals surface area contributed by atoms with Gasteiger partial charge in [0, 0.05) is 25.3 Å². The van der Waals surface area contributed by atoms with Crippen LogP contribution in [0.25, 0.3) is 0 Å². The van der Waals surface area contributed by atoms with Crippen molar-refractivity contribution in [3.05, 3.63) is 23.8 Å². The summed E-state index contributed by atoms with van der Waals surface area (Å²) in [4.78, 5) is 14.3. The Morgan fingerprint density at radius 2 is 2.25 bits per heavy atom. The number of methoxy groups -OCH3 is 1. The topological polar surface area (TPSA) is 70.0 Å². The Morgan fingerprint density at radius 3 is 2.90 bits per heavy atom. The Balaban J connectivity index is 2.20. The van der Waals surface area contributed by atoms with Gasteiger partial charge in [-0.1, -0.05) is 0 Å². The summed E-state index contributed by atoms with van der Waals surface area (Å²) in [6.45, 7) is 0.748. The largest absolute Gasteiger partial charge is 0.507 e. The second-order valence-electron chi connectivity index (χ2n) is 5.04. The molecule has 1 aromatic rings. The number of piperidine rings is 1. The fourth-order valence-corrected chi connectivity index (χ4v) is 2.69. The molecular formula is C15H21NO4. The number of hydrogen-bond acceptors (Lipinski definition) is 4. The SMILES string of the molecule is COc1ccc(C(=O)N2CCCCC2CCO)c(O)c1. The number of carbonyl (C=O) groups is 1. The molecule has 2 N–H and O–H groups in total. The maximum Gasteiger partial charge on any atom is 0.257 e. The van der Waals surface area contributed by atoms with Crippen LogP contribution in [0.3, 0.4) is 0 Å². The smallest absolute Gasteiger partial charge is 0.257 e. The number of benzene rings is 1. The van der Waals surface area contributed by atoms with Gasteiger partial charge in [0.15, 0.2) is 0 Å². The van der Waals surface area contributed by atoms with Gasteiger partial charge in [0.05, 0.1) is 12.7 Å². The van der Waals surface area contributed by atoms with Gasteiger partial charge >= 0.3 is 0 Å². The maximum atomic E-state index is 12.5. The number of aliphatic hydroxyl groups excluding tert-OH is 1. The number of nitrogens with zero attached hydrogens (tertiary/aromatic N) is 1. The number of aliphatic hydroxyl groups is 1. The van der Waals surface area contributed by atoms with Crippen LogP contribution in [-0.2, 0) is 0 Å². The van der Waals surface area contributed by atoms with E-state index in [0.29, 0.717) is 18.7 Å². The Bertz CT molecular complexity index is 473. The summed E-state index contributed by atoms with van der Waals surface area (Å²) in [5, 5.41) is 19.1. The summed E-state index contributed by atoms with van der Waals surface area (Å²) in [6, 6.07) is 4.75. The molecule has 0 aliphatic carbocycles. The Kier molecular flexibility index (Phi) is 4.84. The summed E-state index contributed by atoms with van der Waals surface area (Å²) in [5.41, 5.74) is 0.288. The third-order valence-electron chi connectivity index (χ3n) is 3.79. The molecule has 0 saturated carbocycles. The van der Waals surface area contributed by atoms with Gasteiger partial charge in [0.1, 0.15) is 11.5 Å². The Hall–Kier alpha value is -1.75. The van der Waals surface area contributed by atoms with E-state index in [9.17, 15) is 9.90 Å². The van der Waals surface area contributed by atoms with Crippen LogP contribution >= 0.6 is 0 Å². The second kappa shape index (κ2) is 6.61. The predicted molar refractivity (Wildman–Crippen MR) is 75.0 cm³/mol. The van der Waals surface area contributed by atoms with Crippen LogP contribution in [0.5, 0.6) is 11.5 Å². The number of hydrogen-bond donors (Lipinski definition) is 2. The number of ether oxygens (including phenoxy) is 1. The van der Waals surface area contributed by atoms with Crippen LogP contribution in [-0.4, -0.2) is 47.3 Å². The van der Waals surface area contributed by atoms with E-state index in [1.165, 1.54) is 13.2 Å². The minimum absolute atomic E-state index is 0.0581. The molecule has 110 valence electrons. The molecule has 2 rings (SSSR count). The van der Waals surface area contributed by atoms with E-state index in [1.807, 2.05) is 0 Å². The average molecular weight is 279 g/mol. The highest BCUT2D eigenvalue weighted by atomic mass is 16.5. The standard InChI is InChI=1S/C15H21NO4/c1-20-12-5-6-13(14(18)10-12)15(19)16-8-3-2-4-11(16)7-9-17/h5-6,10-11,17-18H,2-4,7-9H2,1H3. The van der Waals surface area contributed by atoms with Gasteiger partial charge < -0.3 is 19.8 Å². The van der Waals surface area contributed by atoms with E-state index in [4.69, 9.17) is 9.84 Å². The van der Waals surface area contributed by atoms with Crippen LogP contribution < -0.4 is 4.74 Å². The minimum atomic E-state index is -0.177. The molecule has 1 aromatic carbocycles. The van der Waals surface area contributed by atoms with Gasteiger partial charge in [0.2, 0.25) is 0 Å². The van der Waals surface area contributed by atoms with Crippen molar-refractivity contribution in [2.24, 2.45) is 0 Å². The van der Waals surface area contributed by atoms with Crippen molar-refractivity contribution in [1.29, 1.82) is 0 Å². The molecule has 20 heavy (non-hydrogen) atoms. The van der Waals surface area contributed by atoms with Crippen molar-refractivity contribution in [2.45, 2.75) is 31.7 Å². The lowest BCUT2D eigenvalue weighted by atomic mass is 9.98. The molecule has 1 aliphatic rings. The summed E-state index contributed by atoms with van der Waals surface area (Å²) in [5.74, 6) is 0.274. The highest BCUT2D eigenvalue weighted by Gasteiger charge is 2.28. The first kappa shape index (κ1) is 14.7. The van der Waals surface area contributed by atoms with Crippen molar-refractivity contribution in [2.75, 3.05) is 20.3 Å². The van der Waals surface area contributed by atoms with E-state index >= 15 is 0 Å². The number of aromatic hydroxyl groups is 1. The van der Waals surface area contributed by atoms with Crippen LogP contribution in [0.1, 0.15) is 36.0 Å². The monoisotopic (exact) mass is 279 g/mol. The highest BCUT2D eigenvalue weighted by Crippen LogP contribution is 2.28. The Morgan fingerprint density at radius 1 is 1.45 bits per heavy atom. The van der Waals surface area contributed by atoms with Gasteiger partial charge in [-0.15, -0.1) is 0 Å². The van der Waals surface area contributed by atoms with Crippen molar-refractivity contribution in [1.82, 2.24) is 4.90 Å². The molecule has 1 saturated heterocycles. The second-order valence-corrected chi connectivity index (χ2v) is 5.04. The number of rotatable bonds is 4. The predicted octanol–water partition coefficient (Wildman–Crippen LogP) is 1.78. The normalized spacial score (nSPS) is 18.9. The lowest BCUT2D eigenvalue weighted by Crippen LogP contribution is -2.44. The van der Waals surface area contributed by atoms with E-state index < -0.39 is 0 Å². The van der Waals surface area contributed by atoms with E-state index in [-0.39, 0.29) is 29.9 Å². The number of carbonyl (C=O) groups excluding carboxylic acids is 1. The van der Waals surface area contributed by atoms with Gasteiger partial charge in [-0.25, -0.2) is 0 Å². The molecule has 0 aromatic heterocycles. The van der Waals surface area contributed by atoms with Crippen LogP contribution in [0.4, 0.5) is 0 Å². The minimum Gasteiger partial charge on any atom is -0.507 e. The first-order valence-corrected chi connectivity index (χ1v) is 6.96. The molecule has 1 fully saturated rings.